The molecule has 0 unspecified atom stereocenters. The van der Waals surface area contributed by atoms with Crippen molar-refractivity contribution in [3.05, 3.63) is 47.9 Å². The first-order chi connectivity index (χ1) is 12.4. The Labute approximate surface area is 147 Å². The predicted molar refractivity (Wildman–Crippen MR) is 89.7 cm³/mol. The molecule has 8 heteroatoms. The molecule has 3 rings (SSSR count). The highest BCUT2D eigenvalue weighted by atomic mass is 19.4. The lowest BCUT2D eigenvalue weighted by Crippen LogP contribution is -2.08. The molecule has 5 nitrogen and oxygen atoms in total. The molecule has 0 aliphatic rings. The molecule has 0 saturated carbocycles. The number of benzene rings is 1. The summed E-state index contributed by atoms with van der Waals surface area (Å²) in [5.41, 5.74) is 2.37. The van der Waals surface area contributed by atoms with Crippen LogP contribution in [0.25, 0.3) is 22.3 Å². The average Bonchev–Trinajstić information content (AvgIpc) is 3.04. The standard InChI is InChI=1S/C18H16F3N3O2/c1-2-26-17(25)13-9-22-16-14(13)15(23-10-24-16)12-5-3-4-11(8-12)6-7-18(19,20)21/h3-5,8-10H,2,6-7H2,1H3,(H,22,23,24). The zero-order chi connectivity index (χ0) is 18.7. The molecule has 2 aromatic heterocycles. The molecular formula is C18H16F3N3O2. The van der Waals surface area contributed by atoms with Crippen LogP contribution in [0.1, 0.15) is 29.3 Å². The maximum Gasteiger partial charge on any atom is 0.389 e. The van der Waals surface area contributed by atoms with E-state index < -0.39 is 18.6 Å². The third-order valence-corrected chi connectivity index (χ3v) is 3.86. The van der Waals surface area contributed by atoms with Gasteiger partial charge in [-0.05, 0) is 25.0 Å². The first kappa shape index (κ1) is 17.9. The van der Waals surface area contributed by atoms with Gasteiger partial charge in [0.15, 0.2) is 0 Å². The molecule has 0 aliphatic heterocycles. The molecule has 0 radical (unpaired) electrons. The van der Waals surface area contributed by atoms with Gasteiger partial charge in [-0.15, -0.1) is 0 Å². The molecule has 0 atom stereocenters. The minimum absolute atomic E-state index is 0.122. The van der Waals surface area contributed by atoms with Gasteiger partial charge in [-0.3, -0.25) is 0 Å². The molecule has 2 heterocycles. The largest absolute Gasteiger partial charge is 0.462 e. The number of alkyl halides is 3. The van der Waals surface area contributed by atoms with E-state index in [2.05, 4.69) is 15.0 Å². The molecule has 0 bridgehead atoms. The Bertz CT molecular complexity index is 935. The van der Waals surface area contributed by atoms with E-state index in [1.807, 2.05) is 0 Å². The number of hydrogen-bond donors (Lipinski definition) is 1. The van der Waals surface area contributed by atoms with Gasteiger partial charge in [0.1, 0.15) is 12.0 Å². The summed E-state index contributed by atoms with van der Waals surface area (Å²) in [5, 5.41) is 0.485. The summed E-state index contributed by atoms with van der Waals surface area (Å²) in [6, 6.07) is 6.69. The Balaban J connectivity index is 2.03. The summed E-state index contributed by atoms with van der Waals surface area (Å²) in [5.74, 6) is -0.511. The number of nitrogens with zero attached hydrogens (tertiary/aromatic N) is 2. The second-order valence-corrected chi connectivity index (χ2v) is 5.68. The Morgan fingerprint density at radius 3 is 2.81 bits per heavy atom. The van der Waals surface area contributed by atoms with Crippen molar-refractivity contribution < 1.29 is 22.7 Å². The SMILES string of the molecule is CCOC(=O)c1c[nH]c2ncnc(-c3cccc(CCC(F)(F)F)c3)c12. The van der Waals surface area contributed by atoms with Crippen molar-refractivity contribution in [2.75, 3.05) is 6.61 Å². The number of nitrogens with one attached hydrogen (secondary N) is 1. The molecule has 26 heavy (non-hydrogen) atoms. The van der Waals surface area contributed by atoms with E-state index in [1.54, 1.807) is 31.2 Å². The predicted octanol–water partition coefficient (Wildman–Crippen LogP) is 4.30. The first-order valence-electron chi connectivity index (χ1n) is 8.04. The smallest absolute Gasteiger partial charge is 0.389 e. The lowest BCUT2D eigenvalue weighted by molar-refractivity contribution is -0.134. The Morgan fingerprint density at radius 1 is 1.27 bits per heavy atom. The number of aryl methyl sites for hydroxylation is 1. The fourth-order valence-corrected chi connectivity index (χ4v) is 2.71. The lowest BCUT2D eigenvalue weighted by Gasteiger charge is -2.09. The van der Waals surface area contributed by atoms with Crippen molar-refractivity contribution in [3.63, 3.8) is 0 Å². The summed E-state index contributed by atoms with van der Waals surface area (Å²) in [6.45, 7) is 1.93. The van der Waals surface area contributed by atoms with Crippen molar-refractivity contribution >= 4 is 17.0 Å². The van der Waals surface area contributed by atoms with E-state index in [0.717, 1.165) is 0 Å². The third-order valence-electron chi connectivity index (χ3n) is 3.86. The Kier molecular flexibility index (Phi) is 4.92. The van der Waals surface area contributed by atoms with E-state index in [1.165, 1.54) is 12.5 Å². The number of fused-ring (bicyclic) bond motifs is 1. The summed E-state index contributed by atoms with van der Waals surface area (Å²) in [7, 11) is 0. The first-order valence-corrected chi connectivity index (χ1v) is 8.04. The van der Waals surface area contributed by atoms with Crippen LogP contribution in [0, 0.1) is 0 Å². The van der Waals surface area contributed by atoms with Crippen molar-refractivity contribution in [1.29, 1.82) is 0 Å². The number of hydrogen-bond acceptors (Lipinski definition) is 4. The zero-order valence-corrected chi connectivity index (χ0v) is 13.9. The molecule has 0 amide bonds. The molecule has 0 aliphatic carbocycles. The Morgan fingerprint density at radius 2 is 2.08 bits per heavy atom. The molecule has 3 aromatic rings. The van der Waals surface area contributed by atoms with Crippen LogP contribution in [0.15, 0.2) is 36.8 Å². The number of aromatic amines is 1. The van der Waals surface area contributed by atoms with E-state index in [9.17, 15) is 18.0 Å². The normalized spacial score (nSPS) is 11.7. The molecule has 0 fully saturated rings. The summed E-state index contributed by atoms with van der Waals surface area (Å²) in [4.78, 5) is 23.4. The van der Waals surface area contributed by atoms with Gasteiger partial charge >= 0.3 is 12.1 Å². The zero-order valence-electron chi connectivity index (χ0n) is 13.9. The third kappa shape index (κ3) is 3.84. The fraction of sp³-hybridized carbons (Fsp3) is 0.278. The minimum atomic E-state index is -4.21. The van der Waals surface area contributed by atoms with Gasteiger partial charge in [0.25, 0.3) is 0 Å². The van der Waals surface area contributed by atoms with E-state index in [0.29, 0.717) is 27.9 Å². The summed E-state index contributed by atoms with van der Waals surface area (Å²) < 4.78 is 42.5. The maximum absolute atomic E-state index is 12.5. The molecule has 0 saturated heterocycles. The maximum atomic E-state index is 12.5. The number of carbonyl (C=O) groups is 1. The van der Waals surface area contributed by atoms with Crippen molar-refractivity contribution in [2.24, 2.45) is 0 Å². The quantitative estimate of drug-likeness (QED) is 0.687. The van der Waals surface area contributed by atoms with Gasteiger partial charge in [-0.1, -0.05) is 18.2 Å². The molecule has 1 aromatic carbocycles. The van der Waals surface area contributed by atoms with Crippen LogP contribution in [-0.4, -0.2) is 33.7 Å². The van der Waals surface area contributed by atoms with Crippen molar-refractivity contribution in [1.82, 2.24) is 15.0 Å². The van der Waals surface area contributed by atoms with Crippen LogP contribution >= 0.6 is 0 Å². The Hall–Kier alpha value is -2.90. The van der Waals surface area contributed by atoms with Crippen LogP contribution in [-0.2, 0) is 11.2 Å². The van der Waals surface area contributed by atoms with Gasteiger partial charge < -0.3 is 9.72 Å². The van der Waals surface area contributed by atoms with Gasteiger partial charge in [0, 0.05) is 18.2 Å². The van der Waals surface area contributed by atoms with E-state index in [-0.39, 0.29) is 18.6 Å². The van der Waals surface area contributed by atoms with Crippen LogP contribution in [0.4, 0.5) is 13.2 Å². The van der Waals surface area contributed by atoms with Gasteiger partial charge in [-0.25, -0.2) is 14.8 Å². The van der Waals surface area contributed by atoms with Gasteiger partial charge in [0.2, 0.25) is 0 Å². The highest BCUT2D eigenvalue weighted by Gasteiger charge is 2.26. The summed E-state index contributed by atoms with van der Waals surface area (Å²) in [6.07, 6.45) is -2.40. The average molecular weight is 363 g/mol. The molecule has 0 spiro atoms. The van der Waals surface area contributed by atoms with Gasteiger partial charge in [0.05, 0.1) is 23.3 Å². The van der Waals surface area contributed by atoms with Crippen LogP contribution in [0.5, 0.6) is 0 Å². The number of carbonyl (C=O) groups excluding carboxylic acids is 1. The van der Waals surface area contributed by atoms with Crippen molar-refractivity contribution in [3.8, 4) is 11.3 Å². The van der Waals surface area contributed by atoms with Gasteiger partial charge in [-0.2, -0.15) is 13.2 Å². The monoisotopic (exact) mass is 363 g/mol. The fourth-order valence-electron chi connectivity index (χ4n) is 2.71. The van der Waals surface area contributed by atoms with Crippen LogP contribution in [0.3, 0.4) is 0 Å². The van der Waals surface area contributed by atoms with E-state index in [4.69, 9.17) is 4.74 Å². The number of esters is 1. The van der Waals surface area contributed by atoms with Crippen LogP contribution < -0.4 is 0 Å². The summed E-state index contributed by atoms with van der Waals surface area (Å²) >= 11 is 0. The molecule has 136 valence electrons. The number of H-pyrrole nitrogens is 1. The number of halogens is 3. The highest BCUT2D eigenvalue weighted by molar-refractivity contribution is 6.08. The number of aromatic nitrogens is 3. The number of rotatable bonds is 5. The second kappa shape index (κ2) is 7.15. The minimum Gasteiger partial charge on any atom is -0.462 e. The lowest BCUT2D eigenvalue weighted by atomic mass is 10.0. The molecular weight excluding hydrogens is 347 g/mol. The number of ether oxygens (including phenoxy) is 1. The van der Waals surface area contributed by atoms with E-state index >= 15 is 0 Å². The van der Waals surface area contributed by atoms with Crippen LogP contribution in [0.2, 0.25) is 0 Å². The topological polar surface area (TPSA) is 67.9 Å². The van der Waals surface area contributed by atoms with Crippen molar-refractivity contribution in [2.45, 2.75) is 25.9 Å². The second-order valence-electron chi connectivity index (χ2n) is 5.68. The highest BCUT2D eigenvalue weighted by Crippen LogP contribution is 2.30. The molecule has 1 N–H and O–H groups in total.